The zero-order valence-corrected chi connectivity index (χ0v) is 13.9. The van der Waals surface area contributed by atoms with Gasteiger partial charge < -0.3 is 0 Å². The molecule has 3 rings (SSSR count). The summed E-state index contributed by atoms with van der Waals surface area (Å²) in [7, 11) is 0. The number of hydrogen-bond acceptors (Lipinski definition) is 1. The molecule has 1 aromatic heterocycles. The summed E-state index contributed by atoms with van der Waals surface area (Å²) in [5.74, 6) is 0.592. The molecule has 0 N–H and O–H groups in total. The van der Waals surface area contributed by atoms with Crippen molar-refractivity contribution < 1.29 is 0 Å². The highest BCUT2D eigenvalue weighted by atomic mass is 14.7. The standard InChI is InChI=1S/C21H23N/c1-5-16(4)18-7-6-8-21-19(18)9-10-20(22-21)17-12-14(2)11-15(3)13-17/h5-10,12-14H,11H2,1-4H3/b16-5+. The van der Waals surface area contributed by atoms with E-state index in [0.29, 0.717) is 5.92 Å². The molecular formula is C21H23N. The van der Waals surface area contributed by atoms with Crippen molar-refractivity contribution in [2.75, 3.05) is 0 Å². The monoisotopic (exact) mass is 289 g/mol. The highest BCUT2D eigenvalue weighted by molar-refractivity contribution is 5.92. The number of pyridine rings is 1. The van der Waals surface area contributed by atoms with Gasteiger partial charge in [-0.3, -0.25) is 0 Å². The fourth-order valence-corrected chi connectivity index (χ4v) is 3.22. The van der Waals surface area contributed by atoms with Crippen LogP contribution in [0.5, 0.6) is 0 Å². The minimum Gasteiger partial charge on any atom is -0.248 e. The molecule has 0 spiro atoms. The van der Waals surface area contributed by atoms with Crippen LogP contribution in [0.1, 0.15) is 45.4 Å². The fraction of sp³-hybridized carbons (Fsp3) is 0.286. The lowest BCUT2D eigenvalue weighted by atomic mass is 9.90. The molecule has 1 heterocycles. The fourth-order valence-electron chi connectivity index (χ4n) is 3.22. The van der Waals surface area contributed by atoms with Crippen molar-refractivity contribution in [3.63, 3.8) is 0 Å². The van der Waals surface area contributed by atoms with E-state index in [-0.39, 0.29) is 0 Å². The molecule has 112 valence electrons. The van der Waals surface area contributed by atoms with Gasteiger partial charge in [0.15, 0.2) is 0 Å². The zero-order valence-electron chi connectivity index (χ0n) is 13.9. The van der Waals surface area contributed by atoms with Gasteiger partial charge in [0.25, 0.3) is 0 Å². The van der Waals surface area contributed by atoms with Gasteiger partial charge in [-0.05, 0) is 62.0 Å². The van der Waals surface area contributed by atoms with E-state index in [4.69, 9.17) is 4.98 Å². The molecule has 1 heteroatoms. The lowest BCUT2D eigenvalue weighted by Gasteiger charge is -2.16. The summed E-state index contributed by atoms with van der Waals surface area (Å²) in [6.45, 7) is 8.71. The van der Waals surface area contributed by atoms with Crippen molar-refractivity contribution in [2.24, 2.45) is 5.92 Å². The van der Waals surface area contributed by atoms with Crippen LogP contribution in [0.3, 0.4) is 0 Å². The number of benzene rings is 1. The third-order valence-corrected chi connectivity index (χ3v) is 4.40. The quantitative estimate of drug-likeness (QED) is 0.658. The van der Waals surface area contributed by atoms with Gasteiger partial charge in [-0.2, -0.15) is 0 Å². The molecule has 0 radical (unpaired) electrons. The summed E-state index contributed by atoms with van der Waals surface area (Å²) in [6, 6.07) is 10.7. The Labute approximate surface area is 133 Å². The number of rotatable bonds is 2. The van der Waals surface area contributed by atoms with Gasteiger partial charge in [-0.25, -0.2) is 4.98 Å². The second-order valence-electron chi connectivity index (χ2n) is 6.33. The Hall–Kier alpha value is -2.15. The molecule has 1 atom stereocenters. The number of hydrogen-bond donors (Lipinski definition) is 0. The van der Waals surface area contributed by atoms with Crippen LogP contribution < -0.4 is 0 Å². The van der Waals surface area contributed by atoms with Crippen molar-refractivity contribution in [1.29, 1.82) is 0 Å². The Kier molecular flexibility index (Phi) is 3.98. The number of aromatic nitrogens is 1. The highest BCUT2D eigenvalue weighted by Gasteiger charge is 2.12. The average Bonchev–Trinajstić information content (AvgIpc) is 2.52. The van der Waals surface area contributed by atoms with Gasteiger partial charge in [0.1, 0.15) is 0 Å². The van der Waals surface area contributed by atoms with Crippen molar-refractivity contribution in [3.05, 3.63) is 65.4 Å². The number of nitrogens with zero attached hydrogens (tertiary/aromatic N) is 1. The molecule has 0 bridgehead atoms. The minimum absolute atomic E-state index is 0.592. The van der Waals surface area contributed by atoms with E-state index in [0.717, 1.165) is 17.6 Å². The molecule has 22 heavy (non-hydrogen) atoms. The molecule has 0 saturated heterocycles. The van der Waals surface area contributed by atoms with Crippen molar-refractivity contribution in [1.82, 2.24) is 4.98 Å². The normalized spacial score (nSPS) is 19.1. The summed E-state index contributed by atoms with van der Waals surface area (Å²) in [6.07, 6.45) is 7.92. The Morgan fingerprint density at radius 2 is 2.05 bits per heavy atom. The maximum Gasteiger partial charge on any atom is 0.0715 e. The molecule has 0 fully saturated rings. The van der Waals surface area contributed by atoms with Gasteiger partial charge >= 0.3 is 0 Å². The Morgan fingerprint density at radius 1 is 1.23 bits per heavy atom. The predicted octanol–water partition coefficient (Wildman–Crippen LogP) is 6.03. The van der Waals surface area contributed by atoms with E-state index >= 15 is 0 Å². The lowest BCUT2D eigenvalue weighted by molar-refractivity contribution is 0.710. The van der Waals surface area contributed by atoms with E-state index < -0.39 is 0 Å². The second-order valence-corrected chi connectivity index (χ2v) is 6.33. The second kappa shape index (κ2) is 5.92. The summed E-state index contributed by atoms with van der Waals surface area (Å²) < 4.78 is 0. The smallest absolute Gasteiger partial charge is 0.0715 e. The van der Waals surface area contributed by atoms with Crippen molar-refractivity contribution in [3.8, 4) is 0 Å². The van der Waals surface area contributed by atoms with Crippen LogP contribution in [0.15, 0.2) is 54.1 Å². The molecule has 1 aliphatic rings. The van der Waals surface area contributed by atoms with Crippen LogP contribution in [0, 0.1) is 5.92 Å². The summed E-state index contributed by atoms with van der Waals surface area (Å²) in [5, 5.41) is 1.23. The molecule has 0 amide bonds. The Bertz CT molecular complexity index is 806. The first-order valence-electron chi connectivity index (χ1n) is 8.01. The summed E-state index contributed by atoms with van der Waals surface area (Å²) >= 11 is 0. The summed E-state index contributed by atoms with van der Waals surface area (Å²) in [4.78, 5) is 4.91. The van der Waals surface area contributed by atoms with E-state index in [1.807, 2.05) is 0 Å². The lowest BCUT2D eigenvalue weighted by Crippen LogP contribution is -2.00. The number of fused-ring (bicyclic) bond motifs is 1. The average molecular weight is 289 g/mol. The van der Waals surface area contributed by atoms with Gasteiger partial charge in [0.2, 0.25) is 0 Å². The third-order valence-electron chi connectivity index (χ3n) is 4.40. The van der Waals surface area contributed by atoms with Crippen molar-refractivity contribution in [2.45, 2.75) is 34.1 Å². The summed E-state index contributed by atoms with van der Waals surface area (Å²) in [5.41, 5.74) is 7.41. The maximum atomic E-state index is 4.91. The molecule has 0 aliphatic heterocycles. The van der Waals surface area contributed by atoms with Crippen LogP contribution in [0.4, 0.5) is 0 Å². The minimum atomic E-state index is 0.592. The Morgan fingerprint density at radius 3 is 2.77 bits per heavy atom. The van der Waals surface area contributed by atoms with Crippen LogP contribution in [0.2, 0.25) is 0 Å². The van der Waals surface area contributed by atoms with E-state index in [9.17, 15) is 0 Å². The van der Waals surface area contributed by atoms with Crippen LogP contribution >= 0.6 is 0 Å². The molecule has 0 saturated carbocycles. The van der Waals surface area contributed by atoms with Crippen LogP contribution in [-0.4, -0.2) is 4.98 Å². The molecule has 1 aromatic carbocycles. The SMILES string of the molecule is C/C=C(\C)c1cccc2nc(C3=CC(C)CC(C)=C3)ccc12. The first-order chi connectivity index (χ1) is 10.6. The molecule has 1 unspecified atom stereocenters. The van der Waals surface area contributed by atoms with Gasteiger partial charge in [0, 0.05) is 5.39 Å². The Balaban J connectivity index is 2.12. The predicted molar refractivity (Wildman–Crippen MR) is 96.6 cm³/mol. The largest absolute Gasteiger partial charge is 0.248 e. The topological polar surface area (TPSA) is 12.9 Å². The van der Waals surface area contributed by atoms with Crippen molar-refractivity contribution >= 4 is 22.0 Å². The van der Waals surface area contributed by atoms with Gasteiger partial charge in [-0.1, -0.05) is 48.9 Å². The van der Waals surface area contributed by atoms with E-state index in [1.165, 1.54) is 27.7 Å². The molecular weight excluding hydrogens is 266 g/mol. The molecule has 2 aromatic rings. The number of allylic oxidation sites excluding steroid dienone is 6. The first-order valence-corrected chi connectivity index (χ1v) is 8.01. The van der Waals surface area contributed by atoms with Crippen LogP contribution in [0.25, 0.3) is 22.0 Å². The van der Waals surface area contributed by atoms with Crippen LogP contribution in [-0.2, 0) is 0 Å². The molecule has 1 aliphatic carbocycles. The zero-order chi connectivity index (χ0) is 15.7. The van der Waals surface area contributed by atoms with E-state index in [2.05, 4.69) is 76.3 Å². The van der Waals surface area contributed by atoms with Gasteiger partial charge in [0.05, 0.1) is 11.2 Å². The van der Waals surface area contributed by atoms with Gasteiger partial charge in [-0.15, -0.1) is 0 Å². The third kappa shape index (κ3) is 2.76. The highest BCUT2D eigenvalue weighted by Crippen LogP contribution is 2.30. The maximum absolute atomic E-state index is 4.91. The first kappa shape index (κ1) is 14.8. The van der Waals surface area contributed by atoms with E-state index in [1.54, 1.807) is 0 Å². The molecule has 1 nitrogen and oxygen atoms in total.